The fourth-order valence-corrected chi connectivity index (χ4v) is 3.68. The van der Waals surface area contributed by atoms with Gasteiger partial charge in [0.25, 0.3) is 11.1 Å². The Labute approximate surface area is 152 Å². The van der Waals surface area contributed by atoms with Gasteiger partial charge in [0.1, 0.15) is 12.4 Å². The Morgan fingerprint density at radius 3 is 2.62 bits per heavy atom. The van der Waals surface area contributed by atoms with Gasteiger partial charge in [-0.05, 0) is 55.4 Å². The van der Waals surface area contributed by atoms with Crippen molar-refractivity contribution in [2.45, 2.75) is 13.8 Å². The van der Waals surface area contributed by atoms with Crippen molar-refractivity contribution in [2.24, 2.45) is 0 Å². The highest BCUT2D eigenvalue weighted by Gasteiger charge is 2.36. The van der Waals surface area contributed by atoms with Crippen LogP contribution in [0.15, 0.2) is 35.2 Å². The summed E-state index contributed by atoms with van der Waals surface area (Å²) < 4.78 is 15.9. The molecule has 1 aromatic carbocycles. The van der Waals surface area contributed by atoms with Crippen LogP contribution in [0.25, 0.3) is 11.8 Å². The van der Waals surface area contributed by atoms with Crippen molar-refractivity contribution in [3.8, 4) is 5.69 Å². The summed E-state index contributed by atoms with van der Waals surface area (Å²) in [4.78, 5) is 35.7. The Balaban J connectivity index is 2.00. The number of carbonyl (C=O) groups excluding carboxylic acids is 2. The number of hydrogen-bond acceptors (Lipinski definition) is 4. The number of para-hydroxylation sites is 1. The van der Waals surface area contributed by atoms with Crippen molar-refractivity contribution >= 4 is 35.0 Å². The fraction of sp³-hybridized carbons (Fsp3) is 0.167. The normalized spacial score (nSPS) is 16.0. The van der Waals surface area contributed by atoms with E-state index < -0.39 is 23.7 Å². The highest BCUT2D eigenvalue weighted by molar-refractivity contribution is 8.18. The summed E-state index contributed by atoms with van der Waals surface area (Å²) >= 11 is 0.693. The average molecular weight is 374 g/mol. The molecule has 0 radical (unpaired) electrons. The minimum absolute atomic E-state index is 0.144. The van der Waals surface area contributed by atoms with E-state index in [1.807, 2.05) is 6.92 Å². The highest BCUT2D eigenvalue weighted by Crippen LogP contribution is 2.33. The summed E-state index contributed by atoms with van der Waals surface area (Å²) in [5.74, 6) is -2.27. The maximum absolute atomic E-state index is 14.1. The number of carboxylic acid groups (broad SMARTS) is 1. The number of aromatic nitrogens is 1. The molecule has 1 aliphatic heterocycles. The van der Waals surface area contributed by atoms with Crippen molar-refractivity contribution in [3.05, 3.63) is 58.0 Å². The number of nitrogens with zero attached hydrogens (tertiary/aromatic N) is 2. The van der Waals surface area contributed by atoms with Crippen LogP contribution in [-0.2, 0) is 9.59 Å². The predicted molar refractivity (Wildman–Crippen MR) is 95.5 cm³/mol. The van der Waals surface area contributed by atoms with E-state index in [4.69, 9.17) is 5.11 Å². The smallest absolute Gasteiger partial charge is 0.323 e. The first-order valence-electron chi connectivity index (χ1n) is 7.70. The first kappa shape index (κ1) is 17.9. The monoisotopic (exact) mass is 374 g/mol. The van der Waals surface area contributed by atoms with Crippen molar-refractivity contribution in [1.29, 1.82) is 0 Å². The van der Waals surface area contributed by atoms with Gasteiger partial charge >= 0.3 is 5.97 Å². The van der Waals surface area contributed by atoms with Gasteiger partial charge < -0.3 is 9.67 Å². The highest BCUT2D eigenvalue weighted by atomic mass is 32.2. The Kier molecular flexibility index (Phi) is 4.69. The molecule has 2 amide bonds. The minimum Gasteiger partial charge on any atom is -0.480 e. The summed E-state index contributed by atoms with van der Waals surface area (Å²) in [5, 5.41) is 8.19. The van der Waals surface area contributed by atoms with E-state index in [2.05, 4.69) is 0 Å². The third-order valence-corrected chi connectivity index (χ3v) is 4.92. The quantitative estimate of drug-likeness (QED) is 0.830. The van der Waals surface area contributed by atoms with Gasteiger partial charge in [0.05, 0.1) is 10.6 Å². The van der Waals surface area contributed by atoms with Gasteiger partial charge in [0.2, 0.25) is 0 Å². The van der Waals surface area contributed by atoms with Crippen molar-refractivity contribution in [1.82, 2.24) is 9.47 Å². The SMILES string of the molecule is Cc1cc(/C=C2/SC(=O)N(CC(=O)O)C2=O)c(C)n1-c1ccccc1F. The van der Waals surface area contributed by atoms with E-state index >= 15 is 0 Å². The number of rotatable bonds is 4. The molecular formula is C18H15FN2O4S. The Hall–Kier alpha value is -2.87. The molecule has 3 rings (SSSR count). The topological polar surface area (TPSA) is 79.6 Å². The van der Waals surface area contributed by atoms with E-state index in [1.165, 1.54) is 12.1 Å². The number of hydrogen-bond donors (Lipinski definition) is 1. The first-order chi connectivity index (χ1) is 12.3. The Morgan fingerprint density at radius 1 is 1.27 bits per heavy atom. The number of benzene rings is 1. The van der Waals surface area contributed by atoms with E-state index in [-0.39, 0.29) is 10.7 Å². The van der Waals surface area contributed by atoms with Gasteiger partial charge in [0.15, 0.2) is 0 Å². The lowest BCUT2D eigenvalue weighted by atomic mass is 10.2. The van der Waals surface area contributed by atoms with Gasteiger partial charge in [-0.1, -0.05) is 12.1 Å². The van der Waals surface area contributed by atoms with Crippen LogP contribution < -0.4 is 0 Å². The van der Waals surface area contributed by atoms with Crippen LogP contribution >= 0.6 is 11.8 Å². The molecule has 1 saturated heterocycles. The van der Waals surface area contributed by atoms with Gasteiger partial charge in [-0.15, -0.1) is 0 Å². The molecule has 0 spiro atoms. The van der Waals surface area contributed by atoms with E-state index in [1.54, 1.807) is 35.8 Å². The maximum atomic E-state index is 14.1. The molecule has 1 aromatic heterocycles. The number of halogens is 1. The standard InChI is InChI=1S/C18H15FN2O4S/c1-10-7-12(11(2)21(10)14-6-4-3-5-13(14)19)8-15-17(24)20(9-16(22)23)18(25)26-15/h3-8H,9H2,1-2H3,(H,22,23)/b15-8+. The van der Waals surface area contributed by atoms with E-state index in [9.17, 15) is 18.8 Å². The molecule has 1 aliphatic rings. The van der Waals surface area contributed by atoms with Gasteiger partial charge in [-0.25, -0.2) is 4.39 Å². The number of aryl methyl sites for hydroxylation is 1. The summed E-state index contributed by atoms with van der Waals surface area (Å²) in [6.45, 7) is 2.93. The number of thioether (sulfide) groups is 1. The summed E-state index contributed by atoms with van der Waals surface area (Å²) in [6, 6.07) is 8.14. The van der Waals surface area contributed by atoms with E-state index in [0.717, 1.165) is 5.69 Å². The van der Waals surface area contributed by atoms with Crippen LogP contribution in [0.5, 0.6) is 0 Å². The molecule has 26 heavy (non-hydrogen) atoms. The summed E-state index contributed by atoms with van der Waals surface area (Å²) in [6.07, 6.45) is 1.53. The number of amides is 2. The third kappa shape index (κ3) is 3.15. The lowest BCUT2D eigenvalue weighted by Crippen LogP contribution is -2.33. The predicted octanol–water partition coefficient (Wildman–Crippen LogP) is 3.35. The third-order valence-electron chi connectivity index (χ3n) is 4.02. The molecule has 0 unspecified atom stereocenters. The fourth-order valence-electron chi connectivity index (χ4n) is 2.85. The second-order valence-electron chi connectivity index (χ2n) is 5.77. The van der Waals surface area contributed by atoms with Crippen LogP contribution in [-0.4, -0.2) is 38.2 Å². The lowest BCUT2D eigenvalue weighted by molar-refractivity contribution is -0.140. The van der Waals surface area contributed by atoms with Crippen molar-refractivity contribution < 1.29 is 23.9 Å². The van der Waals surface area contributed by atoms with Crippen LogP contribution in [0.3, 0.4) is 0 Å². The van der Waals surface area contributed by atoms with E-state index in [0.29, 0.717) is 33.6 Å². The second-order valence-corrected chi connectivity index (χ2v) is 6.77. The number of imide groups is 1. The molecule has 0 bridgehead atoms. The largest absolute Gasteiger partial charge is 0.480 e. The molecule has 2 aromatic rings. The maximum Gasteiger partial charge on any atom is 0.323 e. The number of aliphatic carboxylic acids is 1. The molecule has 0 aliphatic carbocycles. The van der Waals surface area contributed by atoms with Crippen LogP contribution in [0, 0.1) is 19.7 Å². The Bertz CT molecular complexity index is 964. The Morgan fingerprint density at radius 2 is 1.96 bits per heavy atom. The van der Waals surface area contributed by atoms with Gasteiger partial charge in [0, 0.05) is 11.4 Å². The van der Waals surface area contributed by atoms with Crippen molar-refractivity contribution in [2.75, 3.05) is 6.54 Å². The molecule has 0 atom stereocenters. The lowest BCUT2D eigenvalue weighted by Gasteiger charge is -2.10. The van der Waals surface area contributed by atoms with Crippen LogP contribution in [0.1, 0.15) is 17.0 Å². The molecule has 8 heteroatoms. The molecule has 2 heterocycles. The molecule has 1 fully saturated rings. The summed E-state index contributed by atoms with van der Waals surface area (Å²) in [7, 11) is 0. The minimum atomic E-state index is -1.26. The average Bonchev–Trinajstić information content (AvgIpc) is 2.99. The molecule has 6 nitrogen and oxygen atoms in total. The zero-order chi connectivity index (χ0) is 19.0. The number of carboxylic acids is 1. The summed E-state index contributed by atoms with van der Waals surface area (Å²) in [5.41, 5.74) is 2.52. The zero-order valence-electron chi connectivity index (χ0n) is 14.0. The molecular weight excluding hydrogens is 359 g/mol. The molecule has 0 saturated carbocycles. The molecule has 1 N–H and O–H groups in total. The van der Waals surface area contributed by atoms with Crippen LogP contribution in [0.2, 0.25) is 0 Å². The zero-order valence-corrected chi connectivity index (χ0v) is 14.8. The molecule has 134 valence electrons. The second kappa shape index (κ2) is 6.80. The van der Waals surface area contributed by atoms with Crippen LogP contribution in [0.4, 0.5) is 9.18 Å². The van der Waals surface area contributed by atoms with Gasteiger partial charge in [-0.3, -0.25) is 19.3 Å². The van der Waals surface area contributed by atoms with Gasteiger partial charge in [-0.2, -0.15) is 0 Å². The van der Waals surface area contributed by atoms with Crippen molar-refractivity contribution in [3.63, 3.8) is 0 Å². The first-order valence-corrected chi connectivity index (χ1v) is 8.52. The number of carbonyl (C=O) groups is 3.